The molecule has 0 bridgehead atoms. The molecule has 0 aromatic rings. The van der Waals surface area contributed by atoms with Crippen molar-refractivity contribution in [3.8, 4) is 0 Å². The second-order valence-corrected chi connectivity index (χ2v) is 6.06. The molecule has 7 heteroatoms. The van der Waals surface area contributed by atoms with Crippen molar-refractivity contribution in [2.75, 3.05) is 32.1 Å². The van der Waals surface area contributed by atoms with Crippen molar-refractivity contribution in [2.24, 2.45) is 0 Å². The summed E-state index contributed by atoms with van der Waals surface area (Å²) in [6.07, 6.45) is -0.0136. The first-order chi connectivity index (χ1) is 8.33. The van der Waals surface area contributed by atoms with Crippen LogP contribution in [0.5, 0.6) is 0 Å². The van der Waals surface area contributed by atoms with E-state index in [4.69, 9.17) is 9.47 Å². The third kappa shape index (κ3) is 6.93. The van der Waals surface area contributed by atoms with E-state index in [0.29, 0.717) is 0 Å². The largest absolute Gasteiger partial charge is 0.465 e. The predicted octanol–water partition coefficient (Wildman–Crippen LogP) is 0.626. The van der Waals surface area contributed by atoms with Crippen molar-refractivity contribution in [1.82, 2.24) is 4.31 Å². The van der Waals surface area contributed by atoms with Crippen LogP contribution in [0, 0.1) is 0 Å². The summed E-state index contributed by atoms with van der Waals surface area (Å²) in [5.41, 5.74) is 0. The normalized spacial score (nSPS) is 12.1. The molecule has 6 nitrogen and oxygen atoms in total. The average Bonchev–Trinajstić information content (AvgIpc) is 2.25. The molecule has 0 aliphatic carbocycles. The lowest BCUT2D eigenvalue weighted by molar-refractivity contribution is -0.143. The molecule has 0 aromatic carbocycles. The molecule has 0 aliphatic heterocycles. The minimum atomic E-state index is -3.47. The Hall–Kier alpha value is -0.660. The van der Waals surface area contributed by atoms with Gasteiger partial charge < -0.3 is 9.47 Å². The first-order valence-corrected chi connectivity index (χ1v) is 7.69. The van der Waals surface area contributed by atoms with Gasteiger partial charge in [-0.05, 0) is 20.8 Å². The zero-order chi connectivity index (χ0) is 14.2. The van der Waals surface area contributed by atoms with Gasteiger partial charge in [-0.2, -0.15) is 4.31 Å². The molecule has 0 amide bonds. The highest BCUT2D eigenvalue weighted by Gasteiger charge is 2.23. The number of carbonyl (C=O) groups excluding carboxylic acids is 1. The van der Waals surface area contributed by atoms with Gasteiger partial charge in [0.25, 0.3) is 0 Å². The van der Waals surface area contributed by atoms with E-state index in [0.717, 1.165) is 4.31 Å². The number of nitrogens with zero attached hydrogens (tertiary/aromatic N) is 1. The minimum absolute atomic E-state index is 0.0136. The SMILES string of the molecule is CCOC(=O)CN(CC)S(=O)(=O)CCOC(C)C. The predicted molar refractivity (Wildman–Crippen MR) is 68.8 cm³/mol. The van der Waals surface area contributed by atoms with Crippen LogP contribution in [0.15, 0.2) is 0 Å². The molecule has 0 unspecified atom stereocenters. The van der Waals surface area contributed by atoms with Crippen LogP contribution < -0.4 is 0 Å². The fraction of sp³-hybridized carbons (Fsp3) is 0.909. The summed E-state index contributed by atoms with van der Waals surface area (Å²) in [6.45, 7) is 7.40. The number of sulfonamides is 1. The standard InChI is InChI=1S/C11H23NO5S/c1-5-12(9-11(13)16-6-2)18(14,15)8-7-17-10(3)4/h10H,5-9H2,1-4H3. The summed E-state index contributed by atoms with van der Waals surface area (Å²) >= 11 is 0. The molecule has 0 aliphatic rings. The van der Waals surface area contributed by atoms with Gasteiger partial charge in [0.2, 0.25) is 10.0 Å². The van der Waals surface area contributed by atoms with Gasteiger partial charge in [-0.1, -0.05) is 6.92 Å². The van der Waals surface area contributed by atoms with Crippen molar-refractivity contribution < 1.29 is 22.7 Å². The van der Waals surface area contributed by atoms with Crippen molar-refractivity contribution in [3.63, 3.8) is 0 Å². The summed E-state index contributed by atoms with van der Waals surface area (Å²) in [7, 11) is -3.47. The highest BCUT2D eigenvalue weighted by Crippen LogP contribution is 2.03. The number of hydrogen-bond acceptors (Lipinski definition) is 5. The Kier molecular flexibility index (Phi) is 8.13. The van der Waals surface area contributed by atoms with Gasteiger partial charge in [-0.15, -0.1) is 0 Å². The molecule has 0 saturated carbocycles. The van der Waals surface area contributed by atoms with Crippen LogP contribution in [0.1, 0.15) is 27.7 Å². The van der Waals surface area contributed by atoms with Gasteiger partial charge >= 0.3 is 5.97 Å². The van der Waals surface area contributed by atoms with E-state index < -0.39 is 16.0 Å². The topological polar surface area (TPSA) is 72.9 Å². The Morgan fingerprint density at radius 3 is 2.33 bits per heavy atom. The van der Waals surface area contributed by atoms with E-state index in [1.807, 2.05) is 13.8 Å². The monoisotopic (exact) mass is 281 g/mol. The Labute approximate surface area is 109 Å². The van der Waals surface area contributed by atoms with Gasteiger partial charge in [0.05, 0.1) is 25.1 Å². The van der Waals surface area contributed by atoms with Crippen LogP contribution in [0.2, 0.25) is 0 Å². The molecule has 0 N–H and O–H groups in total. The van der Waals surface area contributed by atoms with Crippen LogP contribution >= 0.6 is 0 Å². The van der Waals surface area contributed by atoms with Crippen molar-refractivity contribution in [3.05, 3.63) is 0 Å². The Morgan fingerprint density at radius 1 is 1.28 bits per heavy atom. The summed E-state index contributed by atoms with van der Waals surface area (Å²) in [6, 6.07) is 0. The maximum absolute atomic E-state index is 11.9. The molecule has 18 heavy (non-hydrogen) atoms. The Morgan fingerprint density at radius 2 is 1.89 bits per heavy atom. The Balaban J connectivity index is 4.38. The lowest BCUT2D eigenvalue weighted by atomic mass is 10.5. The molecule has 0 radical (unpaired) electrons. The van der Waals surface area contributed by atoms with Gasteiger partial charge in [0, 0.05) is 6.54 Å². The van der Waals surface area contributed by atoms with Crippen molar-refractivity contribution in [2.45, 2.75) is 33.8 Å². The van der Waals surface area contributed by atoms with Gasteiger partial charge in [-0.25, -0.2) is 8.42 Å². The quantitative estimate of drug-likeness (QED) is 0.579. The third-order valence-electron chi connectivity index (χ3n) is 2.15. The smallest absolute Gasteiger partial charge is 0.321 e. The fourth-order valence-electron chi connectivity index (χ4n) is 1.28. The number of esters is 1. The summed E-state index contributed by atoms with van der Waals surface area (Å²) in [5.74, 6) is -0.661. The molecule has 0 heterocycles. The maximum atomic E-state index is 11.9. The van der Waals surface area contributed by atoms with Crippen LogP contribution in [-0.2, 0) is 24.3 Å². The second-order valence-electron chi connectivity index (χ2n) is 3.97. The molecule has 0 rings (SSSR count). The number of likely N-dealkylation sites (N-methyl/N-ethyl adjacent to an activating group) is 1. The molecule has 0 spiro atoms. The van der Waals surface area contributed by atoms with E-state index in [1.54, 1.807) is 13.8 Å². The maximum Gasteiger partial charge on any atom is 0.321 e. The average molecular weight is 281 g/mol. The molecule has 0 saturated heterocycles. The molecule has 108 valence electrons. The molecular formula is C11H23NO5S. The number of carbonyl (C=O) groups is 1. The second kappa shape index (κ2) is 8.44. The van der Waals surface area contributed by atoms with Crippen LogP contribution in [0.4, 0.5) is 0 Å². The third-order valence-corrected chi connectivity index (χ3v) is 4.01. The number of rotatable bonds is 9. The molecule has 0 aromatic heterocycles. The molecule has 0 atom stereocenters. The van der Waals surface area contributed by atoms with E-state index in [2.05, 4.69) is 0 Å². The fourth-order valence-corrected chi connectivity index (χ4v) is 2.54. The number of hydrogen-bond donors (Lipinski definition) is 0. The summed E-state index contributed by atoms with van der Waals surface area (Å²) in [5, 5.41) is 0. The van der Waals surface area contributed by atoms with Gasteiger partial charge in [-0.3, -0.25) is 4.79 Å². The van der Waals surface area contributed by atoms with Gasteiger partial charge in [0.15, 0.2) is 0 Å². The van der Waals surface area contributed by atoms with E-state index in [1.165, 1.54) is 0 Å². The zero-order valence-corrected chi connectivity index (χ0v) is 12.3. The molecule has 0 fully saturated rings. The van der Waals surface area contributed by atoms with Crippen LogP contribution in [0.3, 0.4) is 0 Å². The van der Waals surface area contributed by atoms with Crippen LogP contribution in [-0.4, -0.2) is 56.9 Å². The summed E-state index contributed by atoms with van der Waals surface area (Å²) < 4.78 is 34.9. The zero-order valence-electron chi connectivity index (χ0n) is 11.5. The Bertz CT molecular complexity index is 339. The number of ether oxygens (including phenoxy) is 2. The highest BCUT2D eigenvalue weighted by atomic mass is 32.2. The molecular weight excluding hydrogens is 258 g/mol. The minimum Gasteiger partial charge on any atom is -0.465 e. The van der Waals surface area contributed by atoms with E-state index in [9.17, 15) is 13.2 Å². The van der Waals surface area contributed by atoms with Crippen molar-refractivity contribution >= 4 is 16.0 Å². The van der Waals surface area contributed by atoms with E-state index in [-0.39, 0.29) is 38.2 Å². The lowest BCUT2D eigenvalue weighted by Gasteiger charge is -2.19. The van der Waals surface area contributed by atoms with Crippen molar-refractivity contribution in [1.29, 1.82) is 0 Å². The summed E-state index contributed by atoms with van der Waals surface area (Å²) in [4.78, 5) is 11.3. The van der Waals surface area contributed by atoms with E-state index >= 15 is 0 Å². The van der Waals surface area contributed by atoms with Gasteiger partial charge in [0.1, 0.15) is 6.54 Å². The first kappa shape index (κ1) is 17.3. The first-order valence-electron chi connectivity index (χ1n) is 6.08. The highest BCUT2D eigenvalue weighted by molar-refractivity contribution is 7.89. The lowest BCUT2D eigenvalue weighted by Crippen LogP contribution is -2.38. The van der Waals surface area contributed by atoms with Crippen LogP contribution in [0.25, 0.3) is 0 Å².